The van der Waals surface area contributed by atoms with Crippen molar-refractivity contribution in [2.24, 2.45) is 11.1 Å². The molecule has 2 heterocycles. The van der Waals surface area contributed by atoms with Crippen molar-refractivity contribution < 1.29 is 22.7 Å². The van der Waals surface area contributed by atoms with Gasteiger partial charge < -0.3 is 20.2 Å². The number of furan rings is 1. The zero-order valence-electron chi connectivity index (χ0n) is 14.9. The molecule has 4 rings (SSSR count). The van der Waals surface area contributed by atoms with Crippen LogP contribution in [0.5, 0.6) is 0 Å². The smallest absolute Gasteiger partial charge is 0.254 e. The quantitative estimate of drug-likeness (QED) is 0.685. The maximum atomic E-state index is 12.2. The molecule has 2 fully saturated rings. The van der Waals surface area contributed by atoms with Crippen LogP contribution in [0.4, 0.5) is 11.4 Å². The molecule has 1 spiro atoms. The second-order valence-electron chi connectivity index (χ2n) is 7.48. The molecular weight excluding hydrogens is 370 g/mol. The molecule has 9 heteroatoms. The molecule has 27 heavy (non-hydrogen) atoms. The van der Waals surface area contributed by atoms with Crippen molar-refractivity contribution in [1.29, 1.82) is 0 Å². The number of rotatable bonds is 6. The van der Waals surface area contributed by atoms with E-state index in [1.165, 1.54) is 19.1 Å². The van der Waals surface area contributed by atoms with Gasteiger partial charge in [-0.2, -0.15) is 0 Å². The minimum atomic E-state index is -3.72. The predicted molar refractivity (Wildman–Crippen MR) is 102 cm³/mol. The van der Waals surface area contributed by atoms with Crippen LogP contribution in [0.1, 0.15) is 36.0 Å². The number of fused-ring (bicyclic) bond motifs is 1. The molecule has 0 radical (unpaired) electrons. The first kappa shape index (κ1) is 18.1. The number of carbonyl (C=O) groups excluding carboxylic acids is 1. The zero-order valence-corrected chi connectivity index (χ0v) is 15.7. The fourth-order valence-corrected chi connectivity index (χ4v) is 4.77. The molecule has 1 saturated heterocycles. The van der Waals surface area contributed by atoms with E-state index < -0.39 is 28.3 Å². The molecule has 4 N–H and O–H groups in total. The van der Waals surface area contributed by atoms with Crippen molar-refractivity contribution >= 4 is 38.3 Å². The number of primary amides is 1. The molecule has 1 aliphatic carbocycles. The van der Waals surface area contributed by atoms with Gasteiger partial charge in [-0.25, -0.2) is 8.42 Å². The number of hydrogen-bond donors (Lipinski definition) is 3. The number of nitrogens with one attached hydrogen (secondary N) is 1. The molecule has 8 nitrogen and oxygen atoms in total. The molecule has 0 bridgehead atoms. The Balaban J connectivity index is 1.79. The van der Waals surface area contributed by atoms with Gasteiger partial charge >= 0.3 is 0 Å². The number of hydrogen-bond acceptors (Lipinski definition) is 6. The van der Waals surface area contributed by atoms with Gasteiger partial charge in [0.15, 0.2) is 5.58 Å². The Kier molecular flexibility index (Phi) is 4.31. The normalized spacial score (nSPS) is 18.8. The molecule has 1 saturated carbocycles. The van der Waals surface area contributed by atoms with E-state index in [1.54, 1.807) is 12.1 Å². The van der Waals surface area contributed by atoms with Gasteiger partial charge in [-0.15, -0.1) is 0 Å². The highest BCUT2D eigenvalue weighted by Gasteiger charge is 2.44. The van der Waals surface area contributed by atoms with E-state index in [0.29, 0.717) is 22.2 Å². The number of amides is 1. The number of sulfonamides is 1. The molecule has 1 amide bonds. The number of benzene rings is 1. The second-order valence-corrected chi connectivity index (χ2v) is 9.32. The van der Waals surface area contributed by atoms with Crippen molar-refractivity contribution in [1.82, 2.24) is 0 Å². The fourth-order valence-electron chi connectivity index (χ4n) is 3.93. The van der Waals surface area contributed by atoms with E-state index in [-0.39, 0.29) is 11.1 Å². The van der Waals surface area contributed by atoms with Gasteiger partial charge in [0.25, 0.3) is 5.91 Å². The highest BCUT2D eigenvalue weighted by atomic mass is 32.2. The molecule has 2 aliphatic rings. The highest BCUT2D eigenvalue weighted by Crippen LogP contribution is 2.54. The molecule has 1 aromatic carbocycles. The molecular formula is C18H23N3O5S. The van der Waals surface area contributed by atoms with Crippen molar-refractivity contribution in [2.45, 2.75) is 25.7 Å². The number of anilines is 2. The second kappa shape index (κ2) is 6.42. The third-order valence-corrected chi connectivity index (χ3v) is 6.96. The average molecular weight is 393 g/mol. The highest BCUT2D eigenvalue weighted by molar-refractivity contribution is 7.92. The zero-order chi connectivity index (χ0) is 19.2. The summed E-state index contributed by atoms with van der Waals surface area (Å²) in [5, 5.41) is 9.44. The number of aliphatic hydroxyl groups excluding tert-OH is 1. The third kappa shape index (κ3) is 3.37. The Morgan fingerprint density at radius 3 is 2.59 bits per heavy atom. The van der Waals surface area contributed by atoms with Gasteiger partial charge in [0.2, 0.25) is 10.0 Å². The summed E-state index contributed by atoms with van der Waals surface area (Å²) in [4.78, 5) is 14.3. The maximum Gasteiger partial charge on any atom is 0.254 e. The lowest BCUT2D eigenvalue weighted by Gasteiger charge is -2.35. The number of piperidine rings is 1. The summed E-state index contributed by atoms with van der Waals surface area (Å²) in [5.74, 6) is -1.02. The van der Waals surface area contributed by atoms with Crippen LogP contribution in [0.15, 0.2) is 22.8 Å². The summed E-state index contributed by atoms with van der Waals surface area (Å²) in [6.45, 7) is 1.09. The Bertz CT molecular complexity index is 984. The van der Waals surface area contributed by atoms with Crippen LogP contribution in [-0.2, 0) is 10.0 Å². The van der Waals surface area contributed by atoms with Gasteiger partial charge in [0.1, 0.15) is 5.56 Å². The van der Waals surface area contributed by atoms with Crippen LogP contribution in [0.3, 0.4) is 0 Å². The Hall–Kier alpha value is -2.26. The van der Waals surface area contributed by atoms with Crippen LogP contribution in [0, 0.1) is 5.41 Å². The lowest BCUT2D eigenvalue weighted by atomic mass is 9.92. The van der Waals surface area contributed by atoms with E-state index in [9.17, 15) is 13.2 Å². The molecule has 0 atom stereocenters. The minimum Gasteiger partial charge on any atom is -0.463 e. The van der Waals surface area contributed by atoms with Crippen LogP contribution in [-0.4, -0.2) is 44.9 Å². The van der Waals surface area contributed by atoms with E-state index in [1.807, 2.05) is 0 Å². The lowest BCUT2D eigenvalue weighted by molar-refractivity contribution is 0.100. The van der Waals surface area contributed by atoms with Gasteiger partial charge in [-0.1, -0.05) is 0 Å². The van der Waals surface area contributed by atoms with Crippen LogP contribution >= 0.6 is 0 Å². The van der Waals surface area contributed by atoms with Gasteiger partial charge in [-0.3, -0.25) is 9.52 Å². The standard InChI is InChI=1S/C18H23N3O5S/c19-17(23)15-14(21-6-4-18(2-3-18)5-7-21)11-13(12-1-9-26-16(12)15)20-27(24,25)10-8-22/h1,9,11,20,22H,2-8,10H2,(H2,19,23). The third-order valence-electron chi connectivity index (χ3n) is 5.71. The summed E-state index contributed by atoms with van der Waals surface area (Å²) in [6, 6.07) is 3.25. The molecule has 0 unspecified atom stereocenters. The summed E-state index contributed by atoms with van der Waals surface area (Å²) < 4.78 is 32.3. The lowest BCUT2D eigenvalue weighted by Crippen LogP contribution is -2.36. The number of carbonyl (C=O) groups is 1. The van der Waals surface area contributed by atoms with Gasteiger partial charge in [0, 0.05) is 18.5 Å². The van der Waals surface area contributed by atoms with Crippen LogP contribution in [0.2, 0.25) is 0 Å². The number of nitrogens with two attached hydrogens (primary N) is 1. The summed E-state index contributed by atoms with van der Waals surface area (Å²) in [7, 11) is -3.72. The Labute approximate surface area is 157 Å². The molecule has 146 valence electrons. The van der Waals surface area contributed by atoms with E-state index >= 15 is 0 Å². The van der Waals surface area contributed by atoms with Crippen LogP contribution < -0.4 is 15.4 Å². The number of aliphatic hydroxyl groups is 1. The van der Waals surface area contributed by atoms with Crippen LogP contribution in [0.25, 0.3) is 11.0 Å². The topological polar surface area (TPSA) is 126 Å². The SMILES string of the molecule is NC(=O)c1c(N2CCC3(CC2)CC3)cc(NS(=O)(=O)CCO)c2ccoc12. The fraction of sp³-hybridized carbons (Fsp3) is 0.500. The average Bonchev–Trinajstić information content (AvgIpc) is 3.16. The monoisotopic (exact) mass is 393 g/mol. The largest absolute Gasteiger partial charge is 0.463 e. The van der Waals surface area contributed by atoms with Crippen molar-refractivity contribution in [3.63, 3.8) is 0 Å². The Morgan fingerprint density at radius 2 is 2.00 bits per heavy atom. The minimum absolute atomic E-state index is 0.270. The molecule has 1 aliphatic heterocycles. The first-order chi connectivity index (χ1) is 12.8. The first-order valence-electron chi connectivity index (χ1n) is 9.04. The van der Waals surface area contributed by atoms with Crippen molar-refractivity contribution in [3.8, 4) is 0 Å². The van der Waals surface area contributed by atoms with E-state index in [2.05, 4.69) is 9.62 Å². The first-order valence-corrected chi connectivity index (χ1v) is 10.7. The van der Waals surface area contributed by atoms with Crippen molar-refractivity contribution in [2.75, 3.05) is 35.1 Å². The van der Waals surface area contributed by atoms with Gasteiger partial charge in [0.05, 0.1) is 30.0 Å². The molecule has 1 aromatic heterocycles. The van der Waals surface area contributed by atoms with Gasteiger partial charge in [-0.05, 0) is 43.2 Å². The van der Waals surface area contributed by atoms with E-state index in [4.69, 9.17) is 15.3 Å². The summed E-state index contributed by atoms with van der Waals surface area (Å²) >= 11 is 0. The maximum absolute atomic E-state index is 12.2. The van der Waals surface area contributed by atoms with Crippen molar-refractivity contribution in [3.05, 3.63) is 24.0 Å². The van der Waals surface area contributed by atoms with E-state index in [0.717, 1.165) is 25.9 Å². The molecule has 2 aromatic rings. The predicted octanol–water partition coefficient (Wildman–Crippen LogP) is 1.65. The summed E-state index contributed by atoms with van der Waals surface area (Å²) in [5.41, 5.74) is 7.55. The number of nitrogens with zero attached hydrogens (tertiary/aromatic N) is 1. The summed E-state index contributed by atoms with van der Waals surface area (Å²) in [6.07, 6.45) is 6.01. The Morgan fingerprint density at radius 1 is 1.30 bits per heavy atom.